The molecule has 1 atom stereocenters. The Hall–Kier alpha value is -4.03. The molecule has 1 amide bonds. The number of H-pyrrole nitrogens is 1. The molecule has 0 saturated carbocycles. The maximum Gasteiger partial charge on any atom is 0.354 e. The Morgan fingerprint density at radius 1 is 1.02 bits per heavy atom. The van der Waals surface area contributed by atoms with E-state index in [4.69, 9.17) is 23.7 Å². The molecule has 3 heterocycles. The molecular weight excluding hydrogens is 534 g/mol. The number of carbonyl (C=O) groups is 3. The highest BCUT2D eigenvalue weighted by molar-refractivity contribution is 6.46. The van der Waals surface area contributed by atoms with Gasteiger partial charge in [-0.15, -0.1) is 0 Å². The largest absolute Gasteiger partial charge is 0.507 e. The molecule has 2 aromatic rings. The van der Waals surface area contributed by atoms with Crippen LogP contribution < -0.4 is 14.2 Å². The van der Waals surface area contributed by atoms with Crippen molar-refractivity contribution in [2.45, 2.75) is 26.3 Å². The van der Waals surface area contributed by atoms with Crippen LogP contribution in [0.5, 0.6) is 17.2 Å². The van der Waals surface area contributed by atoms with Crippen molar-refractivity contribution in [3.05, 3.63) is 45.8 Å². The van der Waals surface area contributed by atoms with Gasteiger partial charge in [0.05, 0.1) is 53.3 Å². The number of likely N-dealkylation sites (tertiary alicyclic amines) is 1. The molecule has 0 spiro atoms. The van der Waals surface area contributed by atoms with Crippen molar-refractivity contribution in [2.24, 2.45) is 0 Å². The first-order chi connectivity index (χ1) is 19.7. The normalized spacial score (nSPS) is 19.0. The highest BCUT2D eigenvalue weighted by Gasteiger charge is 2.47. The second kappa shape index (κ2) is 12.6. The van der Waals surface area contributed by atoms with E-state index in [9.17, 15) is 19.5 Å². The zero-order valence-corrected chi connectivity index (χ0v) is 24.3. The number of aliphatic hydroxyl groups is 1. The molecule has 0 unspecified atom stereocenters. The summed E-state index contributed by atoms with van der Waals surface area (Å²) in [4.78, 5) is 46.1. The van der Waals surface area contributed by atoms with Gasteiger partial charge in [0.1, 0.15) is 11.5 Å². The van der Waals surface area contributed by atoms with Crippen LogP contribution in [0.2, 0.25) is 0 Å². The maximum atomic E-state index is 13.6. The Labute approximate surface area is 238 Å². The molecule has 2 fully saturated rings. The number of carbonyl (C=O) groups excluding carboxylic acids is 3. The highest BCUT2D eigenvalue weighted by Crippen LogP contribution is 2.46. The van der Waals surface area contributed by atoms with E-state index in [1.54, 1.807) is 26.0 Å². The number of rotatable bonds is 10. The standard InChI is InChI=1S/C29H37N3O9/c1-16-21(17(2)30-23(16)29(36)40-6)25(33)22-24(18-14-19(37-3)27(39-5)20(15-18)38-4)32(28(35)26(22)34)9-7-8-31-10-12-41-13-11-31/h14-15,24,30,33H,7-13H2,1-6H3/b25-22+/t24-/m1/s1. The van der Waals surface area contributed by atoms with Crippen molar-refractivity contribution in [2.75, 3.05) is 67.8 Å². The second-order valence-electron chi connectivity index (χ2n) is 9.88. The van der Waals surface area contributed by atoms with Crippen molar-refractivity contribution >= 4 is 23.4 Å². The highest BCUT2D eigenvalue weighted by atomic mass is 16.5. The van der Waals surface area contributed by atoms with Gasteiger partial charge < -0.3 is 38.7 Å². The van der Waals surface area contributed by atoms with Crippen molar-refractivity contribution in [3.8, 4) is 17.2 Å². The van der Waals surface area contributed by atoms with Gasteiger partial charge in [-0.25, -0.2) is 4.79 Å². The molecule has 41 heavy (non-hydrogen) atoms. The van der Waals surface area contributed by atoms with Crippen LogP contribution >= 0.6 is 0 Å². The molecule has 0 aliphatic carbocycles. The topological polar surface area (TPSA) is 140 Å². The number of benzene rings is 1. The first-order valence-electron chi connectivity index (χ1n) is 13.3. The SMILES string of the molecule is COC(=O)c1[nH]c(C)c(/C(O)=C2\C(=O)C(=O)N(CCCN3CCOCC3)[C@@H]2c2cc(OC)c(OC)c(OC)c2)c1C. The summed E-state index contributed by atoms with van der Waals surface area (Å²) in [5.41, 5.74) is 1.64. The Balaban J connectivity index is 1.85. The van der Waals surface area contributed by atoms with Gasteiger partial charge in [-0.1, -0.05) is 0 Å². The Morgan fingerprint density at radius 3 is 2.22 bits per heavy atom. The van der Waals surface area contributed by atoms with E-state index in [-0.39, 0.29) is 29.1 Å². The number of aromatic amines is 1. The van der Waals surface area contributed by atoms with Crippen molar-refractivity contribution < 1.29 is 43.2 Å². The summed E-state index contributed by atoms with van der Waals surface area (Å²) in [5.74, 6) is -1.54. The summed E-state index contributed by atoms with van der Waals surface area (Å²) >= 11 is 0. The van der Waals surface area contributed by atoms with Crippen molar-refractivity contribution in [3.63, 3.8) is 0 Å². The molecule has 0 radical (unpaired) electrons. The number of ether oxygens (including phenoxy) is 5. The number of methoxy groups -OCH3 is 4. The van der Waals surface area contributed by atoms with E-state index >= 15 is 0 Å². The molecule has 0 bridgehead atoms. The Kier molecular flexibility index (Phi) is 9.24. The summed E-state index contributed by atoms with van der Waals surface area (Å²) in [5, 5.41) is 11.7. The van der Waals surface area contributed by atoms with E-state index in [0.717, 1.165) is 13.1 Å². The van der Waals surface area contributed by atoms with Gasteiger partial charge >= 0.3 is 5.97 Å². The minimum Gasteiger partial charge on any atom is -0.507 e. The minimum atomic E-state index is -0.955. The lowest BCUT2D eigenvalue weighted by Crippen LogP contribution is -2.39. The van der Waals surface area contributed by atoms with Gasteiger partial charge in [-0.2, -0.15) is 0 Å². The zero-order chi connectivity index (χ0) is 29.8. The third-order valence-corrected chi connectivity index (χ3v) is 7.58. The number of Topliss-reactive ketones (excluding diaryl/α,β-unsaturated/α-hetero) is 1. The summed E-state index contributed by atoms with van der Waals surface area (Å²) in [6, 6.07) is 2.37. The van der Waals surface area contributed by atoms with Crippen LogP contribution in [0.15, 0.2) is 17.7 Å². The van der Waals surface area contributed by atoms with Crippen molar-refractivity contribution in [1.82, 2.24) is 14.8 Å². The lowest BCUT2D eigenvalue weighted by atomic mass is 9.93. The summed E-state index contributed by atoms with van der Waals surface area (Å²) in [6.07, 6.45) is 0.600. The van der Waals surface area contributed by atoms with E-state index in [1.807, 2.05) is 0 Å². The van der Waals surface area contributed by atoms with Gasteiger partial charge in [-0.05, 0) is 43.5 Å². The van der Waals surface area contributed by atoms with Crippen LogP contribution in [-0.2, 0) is 19.1 Å². The summed E-state index contributed by atoms with van der Waals surface area (Å²) in [7, 11) is 5.68. The second-order valence-corrected chi connectivity index (χ2v) is 9.88. The van der Waals surface area contributed by atoms with E-state index in [2.05, 4.69) is 9.88 Å². The van der Waals surface area contributed by atoms with Gasteiger partial charge in [0.25, 0.3) is 11.7 Å². The van der Waals surface area contributed by atoms with Gasteiger partial charge in [0, 0.05) is 37.4 Å². The zero-order valence-electron chi connectivity index (χ0n) is 24.3. The van der Waals surface area contributed by atoms with E-state index in [1.165, 1.54) is 33.3 Å². The number of esters is 1. The van der Waals surface area contributed by atoms with Crippen molar-refractivity contribution in [1.29, 1.82) is 0 Å². The molecule has 2 N–H and O–H groups in total. The van der Waals surface area contributed by atoms with Crippen LogP contribution in [-0.4, -0.2) is 105 Å². The van der Waals surface area contributed by atoms with Crippen LogP contribution in [0.25, 0.3) is 5.76 Å². The van der Waals surface area contributed by atoms with Gasteiger partial charge in [0.2, 0.25) is 5.75 Å². The summed E-state index contributed by atoms with van der Waals surface area (Å²) in [6.45, 7) is 7.18. The number of hydrogen-bond donors (Lipinski definition) is 2. The Bertz CT molecular complexity index is 1330. The molecule has 2 aliphatic heterocycles. The molecule has 2 aliphatic rings. The van der Waals surface area contributed by atoms with Gasteiger partial charge in [-0.3, -0.25) is 14.5 Å². The molecule has 2 saturated heterocycles. The van der Waals surface area contributed by atoms with Gasteiger partial charge in [0.15, 0.2) is 11.5 Å². The minimum absolute atomic E-state index is 0.0998. The summed E-state index contributed by atoms with van der Waals surface area (Å²) < 4.78 is 26.8. The first-order valence-corrected chi connectivity index (χ1v) is 13.3. The molecule has 12 nitrogen and oxygen atoms in total. The van der Waals surface area contributed by atoms with Crippen LogP contribution in [0, 0.1) is 13.8 Å². The number of amides is 1. The predicted octanol–water partition coefficient (Wildman–Crippen LogP) is 2.59. The first kappa shape index (κ1) is 29.9. The lowest BCUT2D eigenvalue weighted by Gasteiger charge is -2.29. The number of morpholine rings is 1. The van der Waals surface area contributed by atoms with Crippen LogP contribution in [0.1, 0.15) is 45.3 Å². The monoisotopic (exact) mass is 571 g/mol. The van der Waals surface area contributed by atoms with Crippen LogP contribution in [0.3, 0.4) is 0 Å². The Morgan fingerprint density at radius 2 is 1.66 bits per heavy atom. The number of hydrogen-bond acceptors (Lipinski definition) is 10. The third kappa shape index (κ3) is 5.62. The third-order valence-electron chi connectivity index (χ3n) is 7.58. The molecule has 12 heteroatoms. The van der Waals surface area contributed by atoms with E-state index < -0.39 is 23.7 Å². The fourth-order valence-corrected chi connectivity index (χ4v) is 5.55. The quantitative estimate of drug-likeness (QED) is 0.189. The molecule has 4 rings (SSSR count). The van der Waals surface area contributed by atoms with Crippen LogP contribution in [0.4, 0.5) is 0 Å². The fraction of sp³-hybridized carbons (Fsp3) is 0.483. The van der Waals surface area contributed by atoms with E-state index in [0.29, 0.717) is 60.2 Å². The fourth-order valence-electron chi connectivity index (χ4n) is 5.55. The number of aryl methyl sites for hydroxylation is 1. The number of ketones is 1. The lowest BCUT2D eigenvalue weighted by molar-refractivity contribution is -0.140. The maximum absolute atomic E-state index is 13.6. The average molecular weight is 572 g/mol. The average Bonchev–Trinajstić information content (AvgIpc) is 3.43. The predicted molar refractivity (Wildman–Crippen MR) is 149 cm³/mol. The smallest absolute Gasteiger partial charge is 0.354 e. The molecule has 1 aromatic carbocycles. The molecule has 1 aromatic heterocycles. The number of nitrogens with zero attached hydrogens (tertiary/aromatic N) is 2. The number of aromatic nitrogens is 1. The molecule has 222 valence electrons. The number of aliphatic hydroxyl groups excluding tert-OH is 1. The molecular formula is C29H37N3O9. The number of nitrogens with one attached hydrogen (secondary N) is 1.